The van der Waals surface area contributed by atoms with Gasteiger partial charge in [-0.15, -0.1) is 0 Å². The van der Waals surface area contributed by atoms with Crippen LogP contribution in [0.4, 0.5) is 0 Å². The van der Waals surface area contributed by atoms with Crippen molar-refractivity contribution in [2.75, 3.05) is 7.11 Å². The molecule has 0 heterocycles. The van der Waals surface area contributed by atoms with Gasteiger partial charge >= 0.3 is 0 Å². The Kier molecular flexibility index (Phi) is 6.01. The summed E-state index contributed by atoms with van der Waals surface area (Å²) in [5.74, 6) is 0.641. The molecule has 2 nitrogen and oxygen atoms in total. The summed E-state index contributed by atoms with van der Waals surface area (Å²) in [5, 5.41) is 0. The molecule has 14 heavy (non-hydrogen) atoms. The average molecular weight is 200 g/mol. The number of Topliss-reactive ketones (excluding diaryl/α,β-unsaturated/α-hetero) is 1. The van der Waals surface area contributed by atoms with Crippen molar-refractivity contribution in [2.45, 2.75) is 59.0 Å². The summed E-state index contributed by atoms with van der Waals surface area (Å²) in [6.07, 6.45) is 3.39. The zero-order chi connectivity index (χ0) is 11.2. The fraction of sp³-hybridized carbons (Fsp3) is 0.917. The number of hydrogen-bond acceptors (Lipinski definition) is 2. The van der Waals surface area contributed by atoms with Gasteiger partial charge in [-0.3, -0.25) is 4.79 Å². The van der Waals surface area contributed by atoms with Gasteiger partial charge in [0.15, 0.2) is 0 Å². The topological polar surface area (TPSA) is 26.3 Å². The number of methoxy groups -OCH3 is 1. The molecule has 0 unspecified atom stereocenters. The van der Waals surface area contributed by atoms with E-state index in [1.807, 2.05) is 13.8 Å². The molecule has 0 amide bonds. The first kappa shape index (κ1) is 13.6. The van der Waals surface area contributed by atoms with Crippen molar-refractivity contribution < 1.29 is 9.53 Å². The highest BCUT2D eigenvalue weighted by atomic mass is 16.5. The summed E-state index contributed by atoms with van der Waals surface area (Å²) in [4.78, 5) is 11.7. The fourth-order valence-electron chi connectivity index (χ4n) is 1.47. The van der Waals surface area contributed by atoms with Crippen LogP contribution in [0, 0.1) is 5.92 Å². The molecule has 0 radical (unpaired) electrons. The number of carbonyl (C=O) groups is 1. The maximum atomic E-state index is 11.7. The van der Waals surface area contributed by atoms with Crippen molar-refractivity contribution >= 4 is 5.78 Å². The Bertz CT molecular complexity index is 169. The van der Waals surface area contributed by atoms with E-state index in [1.165, 1.54) is 0 Å². The summed E-state index contributed by atoms with van der Waals surface area (Å²) in [7, 11) is 1.70. The Morgan fingerprint density at radius 1 is 1.29 bits per heavy atom. The van der Waals surface area contributed by atoms with E-state index in [9.17, 15) is 4.79 Å². The molecular formula is C12H24O2. The van der Waals surface area contributed by atoms with Crippen molar-refractivity contribution in [1.82, 2.24) is 0 Å². The summed E-state index contributed by atoms with van der Waals surface area (Å²) in [6.45, 7) is 8.20. The number of rotatable bonds is 7. The molecule has 0 saturated carbocycles. The SMILES string of the molecule is CCC(CC)C(=O)CCC(C)(C)OC. The molecular weight excluding hydrogens is 176 g/mol. The lowest BCUT2D eigenvalue weighted by atomic mass is 9.91. The smallest absolute Gasteiger partial charge is 0.136 e. The molecule has 0 aromatic heterocycles. The van der Waals surface area contributed by atoms with Crippen LogP contribution in [0.5, 0.6) is 0 Å². The highest BCUT2D eigenvalue weighted by molar-refractivity contribution is 5.80. The Balaban J connectivity index is 3.95. The van der Waals surface area contributed by atoms with Crippen LogP contribution >= 0.6 is 0 Å². The van der Waals surface area contributed by atoms with Crippen LogP contribution in [0.15, 0.2) is 0 Å². The molecule has 0 aliphatic rings. The lowest BCUT2D eigenvalue weighted by Crippen LogP contribution is -2.25. The molecule has 0 saturated heterocycles. The molecule has 0 aliphatic heterocycles. The van der Waals surface area contributed by atoms with E-state index in [0.29, 0.717) is 12.2 Å². The second-order valence-electron chi connectivity index (χ2n) is 4.44. The summed E-state index contributed by atoms with van der Waals surface area (Å²) < 4.78 is 5.28. The fourth-order valence-corrected chi connectivity index (χ4v) is 1.47. The third-order valence-corrected chi connectivity index (χ3v) is 2.97. The van der Waals surface area contributed by atoms with Crippen LogP contribution in [-0.4, -0.2) is 18.5 Å². The first-order valence-electron chi connectivity index (χ1n) is 5.54. The van der Waals surface area contributed by atoms with Crippen molar-refractivity contribution in [1.29, 1.82) is 0 Å². The predicted molar refractivity (Wildman–Crippen MR) is 59.4 cm³/mol. The summed E-state index contributed by atoms with van der Waals surface area (Å²) in [6, 6.07) is 0. The van der Waals surface area contributed by atoms with Gasteiger partial charge < -0.3 is 4.74 Å². The minimum absolute atomic E-state index is 0.165. The number of ketones is 1. The van der Waals surface area contributed by atoms with Gasteiger partial charge in [0, 0.05) is 19.4 Å². The van der Waals surface area contributed by atoms with Gasteiger partial charge in [0.05, 0.1) is 5.60 Å². The minimum atomic E-state index is -0.165. The second kappa shape index (κ2) is 6.18. The maximum absolute atomic E-state index is 11.7. The molecule has 0 aromatic carbocycles. The average Bonchev–Trinajstić information content (AvgIpc) is 2.17. The lowest BCUT2D eigenvalue weighted by Gasteiger charge is -2.23. The van der Waals surface area contributed by atoms with E-state index in [4.69, 9.17) is 4.74 Å². The molecule has 0 spiro atoms. The zero-order valence-corrected chi connectivity index (χ0v) is 10.2. The van der Waals surface area contributed by atoms with E-state index in [0.717, 1.165) is 19.3 Å². The van der Waals surface area contributed by atoms with Crippen LogP contribution in [0.25, 0.3) is 0 Å². The van der Waals surface area contributed by atoms with Crippen LogP contribution in [0.3, 0.4) is 0 Å². The van der Waals surface area contributed by atoms with E-state index < -0.39 is 0 Å². The highest BCUT2D eigenvalue weighted by Crippen LogP contribution is 2.19. The normalized spacial score (nSPS) is 12.1. The Morgan fingerprint density at radius 3 is 2.14 bits per heavy atom. The zero-order valence-electron chi connectivity index (χ0n) is 10.2. The molecule has 0 aromatic rings. The minimum Gasteiger partial charge on any atom is -0.379 e. The molecule has 84 valence electrons. The molecule has 0 atom stereocenters. The standard InChI is InChI=1S/C12H24O2/c1-6-10(7-2)11(13)8-9-12(3,4)14-5/h10H,6-9H2,1-5H3. The van der Waals surface area contributed by atoms with Crippen molar-refractivity contribution in [3.05, 3.63) is 0 Å². The third kappa shape index (κ3) is 4.75. The van der Waals surface area contributed by atoms with Gasteiger partial charge in [-0.25, -0.2) is 0 Å². The van der Waals surface area contributed by atoms with Crippen molar-refractivity contribution in [3.63, 3.8) is 0 Å². The Morgan fingerprint density at radius 2 is 1.79 bits per heavy atom. The molecule has 0 rings (SSSR count). The van der Waals surface area contributed by atoms with Gasteiger partial charge in [0.25, 0.3) is 0 Å². The molecule has 0 N–H and O–H groups in total. The third-order valence-electron chi connectivity index (χ3n) is 2.97. The Labute approximate surface area is 88.0 Å². The Hall–Kier alpha value is -0.370. The summed E-state index contributed by atoms with van der Waals surface area (Å²) >= 11 is 0. The van der Waals surface area contributed by atoms with Gasteiger partial charge in [-0.05, 0) is 33.1 Å². The van der Waals surface area contributed by atoms with Crippen LogP contribution in [0.1, 0.15) is 53.4 Å². The number of hydrogen-bond donors (Lipinski definition) is 0. The number of carbonyl (C=O) groups excluding carboxylic acids is 1. The summed E-state index contributed by atoms with van der Waals surface area (Å²) in [5.41, 5.74) is -0.165. The van der Waals surface area contributed by atoms with Gasteiger partial charge in [-0.2, -0.15) is 0 Å². The van der Waals surface area contributed by atoms with Crippen LogP contribution in [0.2, 0.25) is 0 Å². The lowest BCUT2D eigenvalue weighted by molar-refractivity contribution is -0.124. The van der Waals surface area contributed by atoms with Crippen molar-refractivity contribution in [3.8, 4) is 0 Å². The maximum Gasteiger partial charge on any atom is 0.136 e. The highest BCUT2D eigenvalue weighted by Gasteiger charge is 2.20. The predicted octanol–water partition coefficient (Wildman–Crippen LogP) is 3.20. The van der Waals surface area contributed by atoms with Gasteiger partial charge in [0.2, 0.25) is 0 Å². The first-order chi connectivity index (χ1) is 6.46. The van der Waals surface area contributed by atoms with E-state index in [-0.39, 0.29) is 11.5 Å². The second-order valence-corrected chi connectivity index (χ2v) is 4.44. The number of ether oxygens (including phenoxy) is 1. The van der Waals surface area contributed by atoms with E-state index in [2.05, 4.69) is 13.8 Å². The van der Waals surface area contributed by atoms with Gasteiger partial charge in [-0.1, -0.05) is 13.8 Å². The van der Waals surface area contributed by atoms with E-state index >= 15 is 0 Å². The molecule has 0 bridgehead atoms. The van der Waals surface area contributed by atoms with Crippen molar-refractivity contribution in [2.24, 2.45) is 5.92 Å². The van der Waals surface area contributed by atoms with Crippen LogP contribution in [-0.2, 0) is 9.53 Å². The quantitative estimate of drug-likeness (QED) is 0.631. The first-order valence-corrected chi connectivity index (χ1v) is 5.54. The van der Waals surface area contributed by atoms with Gasteiger partial charge in [0.1, 0.15) is 5.78 Å². The van der Waals surface area contributed by atoms with E-state index in [1.54, 1.807) is 7.11 Å². The van der Waals surface area contributed by atoms with Crippen LogP contribution < -0.4 is 0 Å². The molecule has 0 fully saturated rings. The largest absolute Gasteiger partial charge is 0.379 e. The molecule has 2 heteroatoms. The molecule has 0 aliphatic carbocycles. The monoisotopic (exact) mass is 200 g/mol.